The lowest BCUT2D eigenvalue weighted by Gasteiger charge is -2.12. The molecule has 0 unspecified atom stereocenters. The van der Waals surface area contributed by atoms with Gasteiger partial charge in [-0.05, 0) is 225 Å². The fraction of sp³-hybridized carbons (Fsp3) is 0.0382. The molecule has 0 aliphatic carbocycles. The zero-order chi connectivity index (χ0) is 90.5. The van der Waals surface area contributed by atoms with E-state index in [0.717, 1.165) is 0 Å². The molecule has 0 spiro atoms. The Kier molecular flexibility index (Phi) is 18.7. The molecule has 30 rings (SSSR count). The van der Waals surface area contributed by atoms with Gasteiger partial charge in [-0.25, -0.2) is 0 Å². The molecule has 5 aromatic heterocycles. The molecule has 0 bridgehead atoms. The Morgan fingerprint density at radius 1 is 0.132 bits per heavy atom. The van der Waals surface area contributed by atoms with Gasteiger partial charge in [0.15, 0.2) is 0 Å². The predicted molar refractivity (Wildman–Crippen MR) is 587 cm³/mol. The molecule has 0 aliphatic rings. The molecule has 0 radical (unpaired) electrons. The first-order valence-corrected chi connectivity index (χ1v) is 47.2. The van der Waals surface area contributed by atoms with Crippen LogP contribution in [-0.2, 0) is 14.1 Å². The summed E-state index contributed by atoms with van der Waals surface area (Å²) in [6.45, 7) is 6.41. The van der Waals surface area contributed by atoms with Gasteiger partial charge in [0.2, 0.25) is 0 Å². The smallest absolute Gasteiger partial charge is 0.0625 e. The number of benzene rings is 25. The van der Waals surface area contributed by atoms with Crippen LogP contribution in [0.5, 0.6) is 0 Å². The Hall–Kier alpha value is -17.4. The number of aromatic nitrogens is 5. The summed E-state index contributed by atoms with van der Waals surface area (Å²) in [4.78, 5) is 0. The van der Waals surface area contributed by atoms with Crippen molar-refractivity contribution in [2.75, 3.05) is 0 Å². The third-order valence-electron chi connectivity index (χ3n) is 29.1. The van der Waals surface area contributed by atoms with Crippen LogP contribution in [0.25, 0.3) is 255 Å². The van der Waals surface area contributed by atoms with Crippen LogP contribution in [-0.4, -0.2) is 22.8 Å². The van der Waals surface area contributed by atoms with Gasteiger partial charge >= 0.3 is 0 Å². The number of nitrogens with zero attached hydrogens (tertiary/aromatic N) is 5. The van der Waals surface area contributed by atoms with Crippen LogP contribution in [0.2, 0.25) is 0 Å². The maximum atomic E-state index is 2.43. The maximum absolute atomic E-state index is 2.43. The van der Waals surface area contributed by atoms with Crippen molar-refractivity contribution in [2.45, 2.75) is 20.8 Å². The summed E-state index contributed by atoms with van der Waals surface area (Å²) in [6, 6.07) is 168. The summed E-state index contributed by atoms with van der Waals surface area (Å²) in [5, 5.41) is 44.8. The minimum atomic E-state index is 1.21. The van der Waals surface area contributed by atoms with Crippen LogP contribution in [0.3, 0.4) is 0 Å². The molecule has 5 nitrogen and oxygen atoms in total. The SMILES string of the molecule is Cc1ccc(-n2c3ccccc3c3c4ccccc4c4ccccc4c32)cc1.Cc1ccc(-n2c3ccccc3c3cc4c(ccc5ccccc54)cc32)cc1.Cc1ccc(-n2c3ccccc3c3ccc4c5ccccc5ccc4c32)cc1.Cn1c2ccccc2c2cc3c4ccccc4c4ccccc4c3cc21.Cn1c2ccccc2c2ccc3c4ccccc4c4ccccc4c3c21. The number of hydrogen-bond donors (Lipinski definition) is 0. The highest BCUT2D eigenvalue weighted by molar-refractivity contribution is 6.36. The van der Waals surface area contributed by atoms with Crippen LogP contribution < -0.4 is 0 Å². The topological polar surface area (TPSA) is 24.6 Å². The lowest BCUT2D eigenvalue weighted by molar-refractivity contribution is 1.02. The molecule has 0 N–H and O–H groups in total. The second-order valence-corrected chi connectivity index (χ2v) is 36.7. The van der Waals surface area contributed by atoms with Gasteiger partial charge in [-0.1, -0.05) is 387 Å². The number of para-hydroxylation sites is 5. The first-order chi connectivity index (χ1) is 67.1. The van der Waals surface area contributed by atoms with Gasteiger partial charge in [-0.3, -0.25) is 0 Å². The predicted octanol–water partition coefficient (Wildman–Crippen LogP) is 35.8. The van der Waals surface area contributed by atoms with Crippen molar-refractivity contribution in [1.82, 2.24) is 22.8 Å². The molecule has 0 atom stereocenters. The molecule has 5 heterocycles. The second kappa shape index (κ2) is 32.0. The van der Waals surface area contributed by atoms with Gasteiger partial charge in [0.25, 0.3) is 0 Å². The molecular weight excluding hydrogens is 1640 g/mol. The number of rotatable bonds is 3. The van der Waals surface area contributed by atoms with Crippen molar-refractivity contribution in [2.24, 2.45) is 14.1 Å². The van der Waals surface area contributed by atoms with Crippen LogP contribution in [0.1, 0.15) is 16.7 Å². The van der Waals surface area contributed by atoms with E-state index in [4.69, 9.17) is 0 Å². The lowest BCUT2D eigenvalue weighted by atomic mass is 9.93. The Bertz CT molecular complexity index is 10100. The maximum Gasteiger partial charge on any atom is 0.0625 e. The van der Waals surface area contributed by atoms with Gasteiger partial charge in [0.05, 0.1) is 38.6 Å². The zero-order valence-corrected chi connectivity index (χ0v) is 76.1. The molecule has 0 fully saturated rings. The van der Waals surface area contributed by atoms with Gasteiger partial charge < -0.3 is 22.8 Å². The minimum absolute atomic E-state index is 1.21. The molecular formula is C131H91N5. The number of hydrogen-bond acceptors (Lipinski definition) is 0. The summed E-state index contributed by atoms with van der Waals surface area (Å²) >= 11 is 0. The van der Waals surface area contributed by atoms with E-state index in [1.807, 2.05) is 0 Å². The summed E-state index contributed by atoms with van der Waals surface area (Å²) in [5.41, 5.74) is 20.2. The third-order valence-corrected chi connectivity index (χ3v) is 29.1. The van der Waals surface area contributed by atoms with Crippen molar-refractivity contribution in [3.8, 4) is 17.1 Å². The highest BCUT2D eigenvalue weighted by atomic mass is 15.0. The van der Waals surface area contributed by atoms with E-state index in [1.165, 1.54) is 272 Å². The van der Waals surface area contributed by atoms with Crippen LogP contribution in [0, 0.1) is 20.8 Å². The average Bonchev–Trinajstić information content (AvgIpc) is 1.50. The number of fused-ring (bicyclic) bond motifs is 40. The standard InChI is InChI=1S/3C27H19N.2C25H17N/c1-18-14-16-19(17-15-18)28-25-13-7-6-12-24(25)26-22-10-4-2-8-20(22)21-9-3-5-11-23(21)27(26)28;1-18-10-14-21(15-11-18)28-26-9-5-4-8-23(26)25-17-24-20(16-27(25)28)13-12-19-6-2-3-7-22(19)24;1-18-10-13-20(14-11-18)28-26-9-5-4-8-23(26)25-17-16-22-21-7-3-2-6-19(21)12-15-24(22)27(25)28;1-26-24-13-7-6-12-20(24)23-14-21-18-10-4-2-8-16(18)17-9-3-5-11-19(17)22(21)15-25(23)26;1-26-23-13-7-6-11-19(23)22-15-14-21-18-10-3-2-8-16(18)17-9-4-5-12-20(17)24(21)25(22)26/h3*2-17H,1H3;2*2-15H,1H3. The quantitative estimate of drug-likeness (QED) is 0.158. The zero-order valence-electron chi connectivity index (χ0n) is 76.1. The normalized spacial score (nSPS) is 11.9. The molecule has 0 amide bonds. The Morgan fingerprint density at radius 3 is 0.912 bits per heavy atom. The van der Waals surface area contributed by atoms with Crippen molar-refractivity contribution in [3.05, 3.63) is 478 Å². The van der Waals surface area contributed by atoms with Gasteiger partial charge in [0, 0.05) is 118 Å². The van der Waals surface area contributed by atoms with Crippen LogP contribution >= 0.6 is 0 Å². The van der Waals surface area contributed by atoms with Crippen molar-refractivity contribution < 1.29 is 0 Å². The van der Waals surface area contributed by atoms with E-state index in [0.29, 0.717) is 0 Å². The molecule has 25 aromatic carbocycles. The average molecular weight is 1740 g/mol. The Balaban J connectivity index is 0.0000000883. The van der Waals surface area contributed by atoms with Crippen LogP contribution in [0.15, 0.2) is 461 Å². The van der Waals surface area contributed by atoms with E-state index in [-0.39, 0.29) is 0 Å². The molecule has 5 heteroatoms. The first-order valence-electron chi connectivity index (χ1n) is 47.2. The summed E-state index contributed by atoms with van der Waals surface area (Å²) < 4.78 is 11.9. The fourth-order valence-electron chi connectivity index (χ4n) is 22.8. The molecule has 0 aliphatic heterocycles. The fourth-order valence-corrected chi connectivity index (χ4v) is 22.8. The van der Waals surface area contributed by atoms with Crippen molar-refractivity contribution in [1.29, 1.82) is 0 Å². The van der Waals surface area contributed by atoms with Crippen molar-refractivity contribution >= 4 is 238 Å². The highest BCUT2D eigenvalue weighted by Gasteiger charge is 2.24. The van der Waals surface area contributed by atoms with E-state index in [9.17, 15) is 0 Å². The van der Waals surface area contributed by atoms with E-state index in [2.05, 4.69) is 519 Å². The lowest BCUT2D eigenvalue weighted by Crippen LogP contribution is -1.94. The highest BCUT2D eigenvalue weighted by Crippen LogP contribution is 2.48. The van der Waals surface area contributed by atoms with Crippen LogP contribution in [0.4, 0.5) is 0 Å². The molecule has 0 saturated heterocycles. The summed E-state index contributed by atoms with van der Waals surface area (Å²) in [7, 11) is 4.35. The second-order valence-electron chi connectivity index (χ2n) is 36.7. The largest absolute Gasteiger partial charge is 0.344 e. The summed E-state index contributed by atoms with van der Waals surface area (Å²) in [6.07, 6.45) is 0. The Morgan fingerprint density at radius 2 is 0.397 bits per heavy atom. The van der Waals surface area contributed by atoms with Gasteiger partial charge in [0.1, 0.15) is 0 Å². The van der Waals surface area contributed by atoms with E-state index in [1.54, 1.807) is 0 Å². The van der Waals surface area contributed by atoms with Gasteiger partial charge in [-0.15, -0.1) is 0 Å². The number of aryl methyl sites for hydroxylation is 5. The minimum Gasteiger partial charge on any atom is -0.344 e. The monoisotopic (exact) mass is 1730 g/mol. The molecule has 640 valence electrons. The third kappa shape index (κ3) is 12.6. The van der Waals surface area contributed by atoms with E-state index < -0.39 is 0 Å². The first kappa shape index (κ1) is 79.6. The van der Waals surface area contributed by atoms with Crippen molar-refractivity contribution in [3.63, 3.8) is 0 Å². The molecule has 0 saturated carbocycles. The summed E-state index contributed by atoms with van der Waals surface area (Å²) in [5.74, 6) is 0. The van der Waals surface area contributed by atoms with Gasteiger partial charge in [-0.2, -0.15) is 0 Å². The molecule has 136 heavy (non-hydrogen) atoms. The Labute approximate surface area is 785 Å². The van der Waals surface area contributed by atoms with E-state index >= 15 is 0 Å². The molecule has 30 aromatic rings.